The molecule has 2 heterocycles. The molecule has 1 aliphatic heterocycles. The van der Waals surface area contributed by atoms with Crippen LogP contribution in [0.4, 0.5) is 14.5 Å². The van der Waals surface area contributed by atoms with Crippen LogP contribution in [-0.4, -0.2) is 78.7 Å². The number of ether oxygens (including phenoxy) is 1. The molecule has 31 heavy (non-hydrogen) atoms. The summed E-state index contributed by atoms with van der Waals surface area (Å²) in [5, 5.41) is 12.0. The summed E-state index contributed by atoms with van der Waals surface area (Å²) in [7, 11) is 3.51. The maximum atomic E-state index is 12.9. The highest BCUT2D eigenvalue weighted by Crippen LogP contribution is 2.37. The van der Waals surface area contributed by atoms with E-state index in [1.54, 1.807) is 19.0 Å². The van der Waals surface area contributed by atoms with Gasteiger partial charge in [-0.3, -0.25) is 4.79 Å². The Morgan fingerprint density at radius 1 is 1.29 bits per heavy atom. The number of carboxylic acids is 1. The van der Waals surface area contributed by atoms with Crippen LogP contribution in [0.1, 0.15) is 44.1 Å². The SMILES string of the molecule is CN(C)C(=O)CNC(C)(C)C.O=C(O)c1ccc(N2CC(F)(F)C2)c(OCC2CC2)n1. The molecule has 1 saturated heterocycles. The Morgan fingerprint density at radius 2 is 1.90 bits per heavy atom. The second kappa shape index (κ2) is 9.76. The van der Waals surface area contributed by atoms with Gasteiger partial charge in [0.05, 0.1) is 26.2 Å². The minimum atomic E-state index is -2.70. The summed E-state index contributed by atoms with van der Waals surface area (Å²) in [6, 6.07) is 2.78. The first-order chi connectivity index (χ1) is 14.3. The third-order valence-electron chi connectivity index (χ3n) is 4.67. The van der Waals surface area contributed by atoms with Gasteiger partial charge < -0.3 is 25.0 Å². The number of alkyl halides is 2. The maximum Gasteiger partial charge on any atom is 0.354 e. The lowest BCUT2D eigenvalue weighted by Gasteiger charge is -2.40. The predicted molar refractivity (Wildman–Crippen MR) is 113 cm³/mol. The molecule has 2 fully saturated rings. The Hall–Kier alpha value is -2.49. The van der Waals surface area contributed by atoms with Crippen LogP contribution < -0.4 is 15.0 Å². The van der Waals surface area contributed by atoms with E-state index >= 15 is 0 Å². The van der Waals surface area contributed by atoms with Gasteiger partial charge >= 0.3 is 5.97 Å². The smallest absolute Gasteiger partial charge is 0.354 e. The number of rotatable bonds is 7. The van der Waals surface area contributed by atoms with Crippen molar-refractivity contribution in [3.8, 4) is 5.88 Å². The van der Waals surface area contributed by atoms with Crippen LogP contribution in [-0.2, 0) is 4.79 Å². The van der Waals surface area contributed by atoms with Crippen LogP contribution in [0.15, 0.2) is 12.1 Å². The van der Waals surface area contributed by atoms with Crippen LogP contribution in [0.3, 0.4) is 0 Å². The van der Waals surface area contributed by atoms with Crippen molar-refractivity contribution in [1.29, 1.82) is 0 Å². The van der Waals surface area contributed by atoms with E-state index in [0.29, 0.717) is 24.8 Å². The highest BCUT2D eigenvalue weighted by atomic mass is 19.3. The fraction of sp³-hybridized carbons (Fsp3) is 0.667. The molecule has 0 spiro atoms. The van der Waals surface area contributed by atoms with Gasteiger partial charge in [0.1, 0.15) is 5.69 Å². The van der Waals surface area contributed by atoms with Gasteiger partial charge in [-0.05, 0) is 51.7 Å². The second-order valence-electron chi connectivity index (χ2n) is 9.18. The van der Waals surface area contributed by atoms with Crippen molar-refractivity contribution >= 4 is 17.6 Å². The van der Waals surface area contributed by atoms with Gasteiger partial charge in [-0.15, -0.1) is 0 Å². The summed E-state index contributed by atoms with van der Waals surface area (Å²) >= 11 is 0. The van der Waals surface area contributed by atoms with E-state index in [0.717, 1.165) is 12.8 Å². The fourth-order valence-corrected chi connectivity index (χ4v) is 2.56. The summed E-state index contributed by atoms with van der Waals surface area (Å²) in [6.45, 7) is 6.20. The lowest BCUT2D eigenvalue weighted by atomic mass is 10.1. The zero-order valence-corrected chi connectivity index (χ0v) is 18.7. The molecule has 1 aliphatic carbocycles. The van der Waals surface area contributed by atoms with Gasteiger partial charge in [-0.1, -0.05) is 0 Å². The molecular formula is C21H32F2N4O4. The molecule has 174 valence electrons. The number of amides is 1. The number of anilines is 1. The van der Waals surface area contributed by atoms with E-state index in [-0.39, 0.29) is 36.1 Å². The van der Waals surface area contributed by atoms with Gasteiger partial charge in [0, 0.05) is 19.6 Å². The highest BCUT2D eigenvalue weighted by molar-refractivity contribution is 5.86. The predicted octanol–water partition coefficient (Wildman–Crippen LogP) is 2.49. The molecule has 1 amide bonds. The largest absolute Gasteiger partial charge is 0.477 e. The number of aromatic carboxylic acids is 1. The number of halogens is 2. The zero-order chi connectivity index (χ0) is 23.4. The number of nitrogens with one attached hydrogen (secondary N) is 1. The normalized spacial score (nSPS) is 17.2. The van der Waals surface area contributed by atoms with Crippen LogP contribution in [0.25, 0.3) is 0 Å². The molecule has 0 atom stereocenters. The molecule has 3 rings (SSSR count). The molecule has 0 radical (unpaired) electrons. The number of carbonyl (C=O) groups is 2. The highest BCUT2D eigenvalue weighted by Gasteiger charge is 2.45. The molecule has 1 aromatic heterocycles. The van der Waals surface area contributed by atoms with Gasteiger partial charge in [-0.25, -0.2) is 18.6 Å². The summed E-state index contributed by atoms with van der Waals surface area (Å²) in [4.78, 5) is 28.9. The van der Waals surface area contributed by atoms with Crippen molar-refractivity contribution in [2.75, 3.05) is 45.2 Å². The molecule has 1 aromatic rings. The number of hydrogen-bond acceptors (Lipinski definition) is 6. The van der Waals surface area contributed by atoms with Crippen molar-refractivity contribution in [3.63, 3.8) is 0 Å². The molecule has 1 saturated carbocycles. The third kappa shape index (κ3) is 8.28. The standard InChI is InChI=1S/C13H14F2N2O3.C8H18N2O/c14-13(15)6-17(7-13)10-4-3-9(12(18)19)16-11(10)20-5-8-1-2-8;1-8(2,3)9-6-7(11)10(4)5/h3-4,8H,1-2,5-7H2,(H,18,19);9H,6H2,1-5H3. The number of aromatic nitrogens is 1. The topological polar surface area (TPSA) is 95.0 Å². The molecule has 10 heteroatoms. The Bertz CT molecular complexity index is 784. The first-order valence-corrected chi connectivity index (χ1v) is 10.2. The number of carbonyl (C=O) groups excluding carboxylic acids is 1. The molecule has 0 unspecified atom stereocenters. The number of pyridine rings is 1. The minimum absolute atomic E-state index is 0.0195. The Morgan fingerprint density at radius 3 is 2.35 bits per heavy atom. The van der Waals surface area contributed by atoms with E-state index in [2.05, 4.69) is 10.3 Å². The lowest BCUT2D eigenvalue weighted by Crippen LogP contribution is -2.56. The lowest BCUT2D eigenvalue weighted by molar-refractivity contribution is -0.128. The van der Waals surface area contributed by atoms with E-state index in [9.17, 15) is 18.4 Å². The van der Waals surface area contributed by atoms with Crippen LogP contribution in [0.2, 0.25) is 0 Å². The Kier molecular flexibility index (Phi) is 7.80. The van der Waals surface area contributed by atoms with Gasteiger partial charge in [0.25, 0.3) is 5.92 Å². The Labute approximate surface area is 181 Å². The van der Waals surface area contributed by atoms with E-state index in [4.69, 9.17) is 9.84 Å². The average Bonchev–Trinajstić information content (AvgIpc) is 3.46. The minimum Gasteiger partial charge on any atom is -0.477 e. The van der Waals surface area contributed by atoms with Crippen molar-refractivity contribution < 1.29 is 28.2 Å². The van der Waals surface area contributed by atoms with E-state index < -0.39 is 11.9 Å². The number of nitrogens with zero attached hydrogens (tertiary/aromatic N) is 3. The quantitative estimate of drug-likeness (QED) is 0.670. The van der Waals surface area contributed by atoms with Crippen molar-refractivity contribution in [1.82, 2.24) is 15.2 Å². The average molecular weight is 443 g/mol. The molecule has 0 bridgehead atoms. The third-order valence-corrected chi connectivity index (χ3v) is 4.67. The molecule has 0 aromatic carbocycles. The van der Waals surface area contributed by atoms with Gasteiger partial charge in [-0.2, -0.15) is 0 Å². The van der Waals surface area contributed by atoms with E-state index in [1.807, 2.05) is 20.8 Å². The second-order valence-corrected chi connectivity index (χ2v) is 9.18. The van der Waals surface area contributed by atoms with Gasteiger partial charge in [0.15, 0.2) is 5.69 Å². The number of hydrogen-bond donors (Lipinski definition) is 2. The van der Waals surface area contributed by atoms with E-state index in [1.165, 1.54) is 17.0 Å². The van der Waals surface area contributed by atoms with Crippen LogP contribution in [0.5, 0.6) is 5.88 Å². The number of carboxylic acid groups (broad SMARTS) is 1. The van der Waals surface area contributed by atoms with Crippen LogP contribution >= 0.6 is 0 Å². The summed E-state index contributed by atoms with van der Waals surface area (Å²) in [6.07, 6.45) is 2.16. The van der Waals surface area contributed by atoms with Crippen molar-refractivity contribution in [2.24, 2.45) is 5.92 Å². The van der Waals surface area contributed by atoms with Crippen LogP contribution in [0, 0.1) is 5.92 Å². The van der Waals surface area contributed by atoms with Crippen molar-refractivity contribution in [3.05, 3.63) is 17.8 Å². The maximum absolute atomic E-state index is 12.9. The molecular weight excluding hydrogens is 410 g/mol. The summed E-state index contributed by atoms with van der Waals surface area (Å²) < 4.78 is 31.4. The molecule has 2 N–H and O–H groups in total. The summed E-state index contributed by atoms with van der Waals surface area (Å²) in [5.74, 6) is -3.15. The monoisotopic (exact) mass is 442 g/mol. The fourth-order valence-electron chi connectivity index (χ4n) is 2.56. The summed E-state index contributed by atoms with van der Waals surface area (Å²) in [5.41, 5.74) is 0.305. The first kappa shape index (κ1) is 24.8. The Balaban J connectivity index is 0.000000267. The number of likely N-dealkylation sites (N-methyl/N-ethyl adjacent to an activating group) is 1. The zero-order valence-electron chi connectivity index (χ0n) is 18.7. The van der Waals surface area contributed by atoms with Crippen molar-refractivity contribution in [2.45, 2.75) is 45.1 Å². The first-order valence-electron chi connectivity index (χ1n) is 10.2. The molecule has 2 aliphatic rings. The molecule has 8 nitrogen and oxygen atoms in total. The van der Waals surface area contributed by atoms with Gasteiger partial charge in [0.2, 0.25) is 11.8 Å².